The minimum atomic E-state index is -0.176. The molecule has 6 nitrogen and oxygen atoms in total. The van der Waals surface area contributed by atoms with Crippen LogP contribution in [0.3, 0.4) is 0 Å². The van der Waals surface area contributed by atoms with Gasteiger partial charge in [-0.1, -0.05) is 44.7 Å². The Labute approximate surface area is 175 Å². The van der Waals surface area contributed by atoms with E-state index in [2.05, 4.69) is 17.3 Å². The van der Waals surface area contributed by atoms with Gasteiger partial charge < -0.3 is 10.1 Å². The maximum atomic E-state index is 12.9. The van der Waals surface area contributed by atoms with Crippen molar-refractivity contribution in [3.8, 4) is 5.75 Å². The van der Waals surface area contributed by atoms with Crippen molar-refractivity contribution in [1.29, 1.82) is 0 Å². The molecule has 1 aliphatic heterocycles. The lowest BCUT2D eigenvalue weighted by atomic mass is 10.1. The van der Waals surface area contributed by atoms with Crippen molar-refractivity contribution >= 4 is 23.5 Å². The number of carbonyl (C=O) groups excluding carboxylic acids is 1. The Morgan fingerprint density at radius 1 is 1.14 bits per heavy atom. The number of benzene rings is 1. The summed E-state index contributed by atoms with van der Waals surface area (Å²) in [6.07, 6.45) is 7.78. The molecule has 29 heavy (non-hydrogen) atoms. The van der Waals surface area contributed by atoms with E-state index < -0.39 is 0 Å². The van der Waals surface area contributed by atoms with Gasteiger partial charge >= 0.3 is 0 Å². The third-order valence-electron chi connectivity index (χ3n) is 5.75. The molecule has 0 bridgehead atoms. The number of carbonyl (C=O) groups is 1. The lowest BCUT2D eigenvalue weighted by molar-refractivity contribution is -0.113. The molecule has 1 unspecified atom stereocenters. The molecule has 0 spiro atoms. The number of rotatable bonds is 7. The van der Waals surface area contributed by atoms with Crippen molar-refractivity contribution in [1.82, 2.24) is 9.78 Å². The van der Waals surface area contributed by atoms with Gasteiger partial charge in [0.1, 0.15) is 11.6 Å². The Morgan fingerprint density at radius 2 is 1.90 bits per heavy atom. The molecule has 1 aliphatic carbocycles. The van der Waals surface area contributed by atoms with E-state index in [1.165, 1.54) is 24.6 Å². The van der Waals surface area contributed by atoms with Crippen LogP contribution in [-0.2, 0) is 4.79 Å². The highest BCUT2D eigenvalue weighted by Gasteiger charge is 2.32. The zero-order valence-corrected chi connectivity index (χ0v) is 17.7. The van der Waals surface area contributed by atoms with Crippen molar-refractivity contribution in [2.75, 3.05) is 17.7 Å². The van der Waals surface area contributed by atoms with Crippen LogP contribution in [0.2, 0.25) is 0 Å². The SMILES string of the molecule is CCCCCOc1ccc(C2SCC(=O)Nc3c2c(=O)[nH]n3C2CCCC2)cc1. The first-order valence-electron chi connectivity index (χ1n) is 10.7. The highest BCUT2D eigenvalue weighted by molar-refractivity contribution is 8.00. The zero-order valence-electron chi connectivity index (χ0n) is 16.9. The summed E-state index contributed by atoms with van der Waals surface area (Å²) >= 11 is 1.50. The number of aromatic amines is 1. The monoisotopic (exact) mass is 415 g/mol. The summed E-state index contributed by atoms with van der Waals surface area (Å²) in [7, 11) is 0. The van der Waals surface area contributed by atoms with Crippen molar-refractivity contribution in [3.05, 3.63) is 45.7 Å². The van der Waals surface area contributed by atoms with Crippen molar-refractivity contribution < 1.29 is 9.53 Å². The van der Waals surface area contributed by atoms with E-state index in [4.69, 9.17) is 4.74 Å². The predicted molar refractivity (Wildman–Crippen MR) is 117 cm³/mol. The molecular formula is C22H29N3O3S. The number of fused-ring (bicyclic) bond motifs is 1. The first-order chi connectivity index (χ1) is 14.2. The average molecular weight is 416 g/mol. The number of hydrogen-bond acceptors (Lipinski definition) is 4. The summed E-state index contributed by atoms with van der Waals surface area (Å²) in [4.78, 5) is 25.2. The Morgan fingerprint density at radius 3 is 2.62 bits per heavy atom. The molecule has 1 fully saturated rings. The van der Waals surface area contributed by atoms with Crippen LogP contribution in [0.4, 0.5) is 5.82 Å². The van der Waals surface area contributed by atoms with Crippen molar-refractivity contribution in [3.63, 3.8) is 0 Å². The molecule has 0 saturated heterocycles. The van der Waals surface area contributed by atoms with Gasteiger partial charge in [-0.3, -0.25) is 19.4 Å². The Balaban J connectivity index is 1.60. The number of H-pyrrole nitrogens is 1. The van der Waals surface area contributed by atoms with E-state index in [9.17, 15) is 9.59 Å². The first kappa shape index (κ1) is 20.1. The number of nitrogens with one attached hydrogen (secondary N) is 2. The Bertz CT molecular complexity index is 897. The molecule has 1 amide bonds. The van der Waals surface area contributed by atoms with Gasteiger partial charge in [-0.2, -0.15) is 0 Å². The number of unbranched alkanes of at least 4 members (excludes halogenated alkanes) is 2. The van der Waals surface area contributed by atoms with Crippen LogP contribution >= 0.6 is 11.8 Å². The highest BCUT2D eigenvalue weighted by atomic mass is 32.2. The van der Waals surface area contributed by atoms with Crippen LogP contribution in [0.1, 0.15) is 74.3 Å². The lowest BCUT2D eigenvalue weighted by Gasteiger charge is -2.17. The molecule has 2 aromatic rings. The fourth-order valence-corrected chi connectivity index (χ4v) is 5.35. The largest absolute Gasteiger partial charge is 0.494 e. The van der Waals surface area contributed by atoms with Crippen LogP contribution in [-0.4, -0.2) is 28.0 Å². The highest BCUT2D eigenvalue weighted by Crippen LogP contribution is 2.42. The molecule has 2 aliphatic rings. The van der Waals surface area contributed by atoms with Crippen LogP contribution in [0.15, 0.2) is 29.1 Å². The number of thioether (sulfide) groups is 1. The van der Waals surface area contributed by atoms with Crippen LogP contribution in [0.25, 0.3) is 0 Å². The topological polar surface area (TPSA) is 76.1 Å². The van der Waals surface area contributed by atoms with Gasteiger partial charge in [0.25, 0.3) is 5.56 Å². The van der Waals surface area contributed by atoms with Crippen LogP contribution < -0.4 is 15.6 Å². The second-order valence-corrected chi connectivity index (χ2v) is 8.97. The van der Waals surface area contributed by atoms with Gasteiger partial charge in [-0.25, -0.2) is 0 Å². The van der Waals surface area contributed by atoms with Crippen LogP contribution in [0.5, 0.6) is 5.75 Å². The molecule has 7 heteroatoms. The van der Waals surface area contributed by atoms with Gasteiger partial charge in [0.2, 0.25) is 5.91 Å². The molecular weight excluding hydrogens is 386 g/mol. The summed E-state index contributed by atoms with van der Waals surface area (Å²) in [5.74, 6) is 1.77. The second kappa shape index (κ2) is 9.11. The summed E-state index contributed by atoms with van der Waals surface area (Å²) in [6, 6.07) is 8.21. The van der Waals surface area contributed by atoms with Gasteiger partial charge in [-0.05, 0) is 37.0 Å². The molecule has 1 saturated carbocycles. The van der Waals surface area contributed by atoms with Crippen LogP contribution in [0, 0.1) is 0 Å². The number of hydrogen-bond donors (Lipinski definition) is 2. The molecule has 156 valence electrons. The van der Waals surface area contributed by atoms with E-state index in [1.807, 2.05) is 28.9 Å². The fourth-order valence-electron chi connectivity index (χ4n) is 4.22. The van der Waals surface area contributed by atoms with E-state index in [1.54, 1.807) is 0 Å². The van der Waals surface area contributed by atoms with Gasteiger partial charge in [0.05, 0.1) is 29.2 Å². The van der Waals surface area contributed by atoms with E-state index >= 15 is 0 Å². The molecule has 2 heterocycles. The Kier molecular flexibility index (Phi) is 6.33. The minimum absolute atomic E-state index is 0.0552. The molecule has 1 aromatic carbocycles. The quantitative estimate of drug-likeness (QED) is 0.646. The summed E-state index contributed by atoms with van der Waals surface area (Å²) in [6.45, 7) is 2.90. The maximum absolute atomic E-state index is 12.9. The molecule has 1 atom stereocenters. The maximum Gasteiger partial charge on any atom is 0.270 e. The summed E-state index contributed by atoms with van der Waals surface area (Å²) < 4.78 is 7.72. The predicted octanol–water partition coefficient (Wildman–Crippen LogP) is 4.64. The van der Waals surface area contributed by atoms with Gasteiger partial charge in [0, 0.05) is 0 Å². The average Bonchev–Trinajstić information content (AvgIpc) is 3.31. The standard InChI is InChI=1S/C22H29N3O3S/c1-2-3-6-13-28-17-11-9-15(10-12-17)20-19-21(23-18(26)14-29-20)25(24-22(19)27)16-7-4-5-8-16/h9-12,16,20H,2-8,13-14H2,1H3,(H,23,26)(H,24,27). The first-order valence-corrected chi connectivity index (χ1v) is 11.7. The fraction of sp³-hybridized carbons (Fsp3) is 0.545. The smallest absolute Gasteiger partial charge is 0.270 e. The van der Waals surface area contributed by atoms with Crippen molar-refractivity contribution in [2.45, 2.75) is 63.2 Å². The summed E-state index contributed by atoms with van der Waals surface area (Å²) in [5.41, 5.74) is 1.57. The number of ether oxygens (including phenoxy) is 1. The number of aromatic nitrogens is 2. The molecule has 1 aromatic heterocycles. The Hall–Kier alpha value is -2.15. The lowest BCUT2D eigenvalue weighted by Crippen LogP contribution is -2.18. The van der Waals surface area contributed by atoms with E-state index in [0.717, 1.165) is 50.0 Å². The van der Waals surface area contributed by atoms with Crippen molar-refractivity contribution in [2.24, 2.45) is 0 Å². The zero-order chi connectivity index (χ0) is 20.2. The third kappa shape index (κ3) is 4.39. The van der Waals surface area contributed by atoms with Gasteiger partial charge in [0.15, 0.2) is 0 Å². The van der Waals surface area contributed by atoms with E-state index in [0.29, 0.717) is 17.1 Å². The van der Waals surface area contributed by atoms with E-state index in [-0.39, 0.29) is 22.8 Å². The van der Waals surface area contributed by atoms with Gasteiger partial charge in [-0.15, -0.1) is 11.8 Å². The number of amides is 1. The third-order valence-corrected chi connectivity index (χ3v) is 7.02. The molecule has 2 N–H and O–H groups in total. The number of nitrogens with zero attached hydrogens (tertiary/aromatic N) is 1. The minimum Gasteiger partial charge on any atom is -0.494 e. The second-order valence-electron chi connectivity index (χ2n) is 7.88. The molecule has 4 rings (SSSR count). The normalized spacial score (nSPS) is 19.6. The number of anilines is 1. The summed E-state index contributed by atoms with van der Waals surface area (Å²) in [5, 5.41) is 5.82. The molecule has 0 radical (unpaired) electrons.